The lowest BCUT2D eigenvalue weighted by atomic mass is 10.1. The molecule has 0 saturated heterocycles. The lowest BCUT2D eigenvalue weighted by Crippen LogP contribution is -2.20. The summed E-state index contributed by atoms with van der Waals surface area (Å²) in [6.45, 7) is -0.133. The smallest absolute Gasteiger partial charge is 0.262 e. The van der Waals surface area contributed by atoms with Crippen LogP contribution in [0.2, 0.25) is 5.02 Å². The topological polar surface area (TPSA) is 67.4 Å². The number of nitrogens with one attached hydrogen (secondary N) is 2. The Labute approximate surface area is 168 Å². The van der Waals surface area contributed by atoms with Gasteiger partial charge in [-0.2, -0.15) is 0 Å². The fourth-order valence-corrected chi connectivity index (χ4v) is 2.66. The average Bonchev–Trinajstić information content (AvgIpc) is 2.68. The number of hydrogen-bond donors (Lipinski definition) is 2. The van der Waals surface area contributed by atoms with Gasteiger partial charge in [-0.15, -0.1) is 0 Å². The SMILES string of the molecule is O=C(COc1ccc(Cl)cc1)Nc1cccc(NC(=O)Cc2ccccc2)c1. The van der Waals surface area contributed by atoms with E-state index in [1.54, 1.807) is 48.5 Å². The normalized spacial score (nSPS) is 10.2. The van der Waals surface area contributed by atoms with Crippen molar-refractivity contribution in [2.24, 2.45) is 0 Å². The minimum Gasteiger partial charge on any atom is -0.484 e. The summed E-state index contributed by atoms with van der Waals surface area (Å²) in [5, 5.41) is 6.18. The van der Waals surface area contributed by atoms with Crippen molar-refractivity contribution in [1.29, 1.82) is 0 Å². The molecule has 5 nitrogen and oxygen atoms in total. The van der Waals surface area contributed by atoms with E-state index in [2.05, 4.69) is 10.6 Å². The van der Waals surface area contributed by atoms with Crippen LogP contribution in [0.5, 0.6) is 5.75 Å². The first-order chi connectivity index (χ1) is 13.6. The summed E-state index contributed by atoms with van der Waals surface area (Å²) in [7, 11) is 0. The molecule has 0 bridgehead atoms. The van der Waals surface area contributed by atoms with Crippen LogP contribution in [0.4, 0.5) is 11.4 Å². The Balaban J connectivity index is 1.51. The van der Waals surface area contributed by atoms with Gasteiger partial charge in [-0.05, 0) is 48.0 Å². The van der Waals surface area contributed by atoms with Crippen LogP contribution in [-0.4, -0.2) is 18.4 Å². The molecule has 28 heavy (non-hydrogen) atoms. The molecule has 0 aliphatic rings. The second-order valence-corrected chi connectivity index (χ2v) is 6.52. The molecular weight excluding hydrogens is 376 g/mol. The monoisotopic (exact) mass is 394 g/mol. The third-order valence-electron chi connectivity index (χ3n) is 3.82. The standard InChI is InChI=1S/C22H19ClN2O3/c23-17-9-11-20(12-10-17)28-15-22(27)25-19-8-4-7-18(14-19)24-21(26)13-16-5-2-1-3-6-16/h1-12,14H,13,15H2,(H,24,26)(H,25,27). The highest BCUT2D eigenvalue weighted by Crippen LogP contribution is 2.17. The largest absolute Gasteiger partial charge is 0.484 e. The van der Waals surface area contributed by atoms with Gasteiger partial charge in [-0.1, -0.05) is 48.0 Å². The van der Waals surface area contributed by atoms with Crippen LogP contribution in [0, 0.1) is 0 Å². The zero-order chi connectivity index (χ0) is 19.8. The molecule has 3 aromatic rings. The second kappa shape index (κ2) is 9.58. The molecule has 0 aliphatic carbocycles. The van der Waals surface area contributed by atoms with E-state index in [4.69, 9.17) is 16.3 Å². The van der Waals surface area contributed by atoms with Gasteiger partial charge >= 0.3 is 0 Å². The van der Waals surface area contributed by atoms with Gasteiger partial charge in [0.25, 0.3) is 5.91 Å². The van der Waals surface area contributed by atoms with Crippen molar-refractivity contribution in [1.82, 2.24) is 0 Å². The molecule has 0 radical (unpaired) electrons. The van der Waals surface area contributed by atoms with Crippen molar-refractivity contribution < 1.29 is 14.3 Å². The van der Waals surface area contributed by atoms with Crippen molar-refractivity contribution in [2.45, 2.75) is 6.42 Å². The molecule has 0 atom stereocenters. The molecular formula is C22H19ClN2O3. The highest BCUT2D eigenvalue weighted by Gasteiger charge is 2.07. The maximum atomic E-state index is 12.2. The molecule has 0 saturated carbocycles. The molecule has 6 heteroatoms. The number of halogens is 1. The van der Waals surface area contributed by atoms with Gasteiger partial charge in [-0.25, -0.2) is 0 Å². The Hall–Kier alpha value is -3.31. The van der Waals surface area contributed by atoms with Crippen molar-refractivity contribution in [3.8, 4) is 5.75 Å². The summed E-state index contributed by atoms with van der Waals surface area (Å²) >= 11 is 5.81. The molecule has 0 fully saturated rings. The zero-order valence-corrected chi connectivity index (χ0v) is 15.8. The number of rotatable bonds is 7. The Morgan fingerprint density at radius 3 is 2.11 bits per heavy atom. The quantitative estimate of drug-likeness (QED) is 0.618. The van der Waals surface area contributed by atoms with Crippen LogP contribution in [0.1, 0.15) is 5.56 Å². The van der Waals surface area contributed by atoms with Crippen LogP contribution < -0.4 is 15.4 Å². The van der Waals surface area contributed by atoms with Crippen molar-refractivity contribution in [3.05, 3.63) is 89.4 Å². The predicted octanol–water partition coefficient (Wildman–Crippen LogP) is 4.54. The Morgan fingerprint density at radius 1 is 0.786 bits per heavy atom. The number of benzene rings is 3. The molecule has 0 aromatic heterocycles. The number of ether oxygens (including phenoxy) is 1. The van der Waals surface area contributed by atoms with Crippen LogP contribution >= 0.6 is 11.6 Å². The number of carbonyl (C=O) groups is 2. The van der Waals surface area contributed by atoms with E-state index in [1.165, 1.54) is 0 Å². The average molecular weight is 395 g/mol. The summed E-state index contributed by atoms with van der Waals surface area (Å²) < 4.78 is 5.42. The minimum atomic E-state index is -0.303. The lowest BCUT2D eigenvalue weighted by molar-refractivity contribution is -0.118. The van der Waals surface area contributed by atoms with Gasteiger partial charge < -0.3 is 15.4 Å². The van der Waals surface area contributed by atoms with Crippen LogP contribution in [0.15, 0.2) is 78.9 Å². The number of anilines is 2. The molecule has 0 spiro atoms. The van der Waals surface area contributed by atoms with Gasteiger partial charge in [0.2, 0.25) is 5.91 Å². The molecule has 3 rings (SSSR count). The molecule has 3 aromatic carbocycles. The maximum absolute atomic E-state index is 12.2. The van der Waals surface area contributed by atoms with Gasteiger partial charge in [0, 0.05) is 16.4 Å². The predicted molar refractivity (Wildman–Crippen MR) is 111 cm³/mol. The third-order valence-corrected chi connectivity index (χ3v) is 4.07. The highest BCUT2D eigenvalue weighted by atomic mass is 35.5. The first-order valence-electron chi connectivity index (χ1n) is 8.70. The van der Waals surface area contributed by atoms with Gasteiger partial charge in [0.05, 0.1) is 6.42 Å². The van der Waals surface area contributed by atoms with Crippen LogP contribution in [0.25, 0.3) is 0 Å². The van der Waals surface area contributed by atoms with Gasteiger partial charge in [0.15, 0.2) is 6.61 Å². The minimum absolute atomic E-state index is 0.124. The van der Waals surface area contributed by atoms with Gasteiger partial charge in [0.1, 0.15) is 5.75 Å². The maximum Gasteiger partial charge on any atom is 0.262 e. The van der Waals surface area contributed by atoms with Crippen molar-refractivity contribution in [3.63, 3.8) is 0 Å². The van der Waals surface area contributed by atoms with E-state index in [0.29, 0.717) is 22.1 Å². The molecule has 2 amide bonds. The van der Waals surface area contributed by atoms with E-state index in [9.17, 15) is 9.59 Å². The summed E-state index contributed by atoms with van der Waals surface area (Å²) in [5.74, 6) is 0.130. The van der Waals surface area contributed by atoms with E-state index < -0.39 is 0 Å². The first kappa shape index (κ1) is 19.5. The fraction of sp³-hybridized carbons (Fsp3) is 0.0909. The van der Waals surface area contributed by atoms with E-state index in [-0.39, 0.29) is 24.8 Å². The van der Waals surface area contributed by atoms with E-state index >= 15 is 0 Å². The molecule has 0 aliphatic heterocycles. The van der Waals surface area contributed by atoms with Crippen molar-refractivity contribution >= 4 is 34.8 Å². The third kappa shape index (κ3) is 6.14. The van der Waals surface area contributed by atoms with Crippen LogP contribution in [0.3, 0.4) is 0 Å². The summed E-state index contributed by atoms with van der Waals surface area (Å²) in [5.41, 5.74) is 2.11. The Kier molecular flexibility index (Phi) is 6.65. The fourth-order valence-electron chi connectivity index (χ4n) is 2.54. The van der Waals surface area contributed by atoms with Gasteiger partial charge in [-0.3, -0.25) is 9.59 Å². The highest BCUT2D eigenvalue weighted by molar-refractivity contribution is 6.30. The number of carbonyl (C=O) groups excluding carboxylic acids is 2. The molecule has 2 N–H and O–H groups in total. The molecule has 0 unspecified atom stereocenters. The second-order valence-electron chi connectivity index (χ2n) is 6.08. The number of amides is 2. The van der Waals surface area contributed by atoms with E-state index in [0.717, 1.165) is 5.56 Å². The first-order valence-corrected chi connectivity index (χ1v) is 9.08. The van der Waals surface area contributed by atoms with E-state index in [1.807, 2.05) is 30.3 Å². The summed E-state index contributed by atoms with van der Waals surface area (Å²) in [4.78, 5) is 24.2. The van der Waals surface area contributed by atoms with Crippen LogP contribution in [-0.2, 0) is 16.0 Å². The number of hydrogen-bond acceptors (Lipinski definition) is 3. The lowest BCUT2D eigenvalue weighted by Gasteiger charge is -2.10. The summed E-state index contributed by atoms with van der Waals surface area (Å²) in [6, 6.07) is 23.2. The Bertz CT molecular complexity index is 944. The Morgan fingerprint density at radius 2 is 1.43 bits per heavy atom. The molecule has 0 heterocycles. The summed E-state index contributed by atoms with van der Waals surface area (Å²) in [6.07, 6.45) is 0.284. The molecule has 142 valence electrons. The van der Waals surface area contributed by atoms with Crippen molar-refractivity contribution in [2.75, 3.05) is 17.2 Å². The zero-order valence-electron chi connectivity index (χ0n) is 15.0.